The Morgan fingerprint density at radius 3 is 2.38 bits per heavy atom. The van der Waals surface area contributed by atoms with Gasteiger partial charge in [-0.1, -0.05) is 6.07 Å². The van der Waals surface area contributed by atoms with Gasteiger partial charge in [0.25, 0.3) is 0 Å². The van der Waals surface area contributed by atoms with Gasteiger partial charge in [-0.2, -0.15) is 4.72 Å². The summed E-state index contributed by atoms with van der Waals surface area (Å²) in [5.74, 6) is -1.11. The molecule has 0 fully saturated rings. The molecule has 6 nitrogen and oxygen atoms in total. The summed E-state index contributed by atoms with van der Waals surface area (Å²) in [6.07, 6.45) is -0.886. The van der Waals surface area contributed by atoms with Crippen LogP contribution >= 0.6 is 0 Å². The summed E-state index contributed by atoms with van der Waals surface area (Å²) in [5.41, 5.74) is 1.81. The molecule has 21 heavy (non-hydrogen) atoms. The summed E-state index contributed by atoms with van der Waals surface area (Å²) in [6, 6.07) is 4.69. The highest BCUT2D eigenvalue weighted by Crippen LogP contribution is 2.14. The van der Waals surface area contributed by atoms with Crippen LogP contribution in [0.15, 0.2) is 23.1 Å². The summed E-state index contributed by atoms with van der Waals surface area (Å²) < 4.78 is 31.0. The molecule has 0 saturated heterocycles. The predicted octanol–water partition coefficient (Wildman–Crippen LogP) is 1.10. The van der Waals surface area contributed by atoms with Gasteiger partial charge in [-0.05, 0) is 51.0 Å². The third-order valence-electron chi connectivity index (χ3n) is 3.08. The topological polar surface area (TPSA) is 89.5 Å². The molecule has 0 aromatic heterocycles. The van der Waals surface area contributed by atoms with Crippen molar-refractivity contribution in [2.45, 2.75) is 38.7 Å². The van der Waals surface area contributed by atoms with E-state index in [2.05, 4.69) is 4.72 Å². The van der Waals surface area contributed by atoms with E-state index < -0.39 is 28.6 Å². The minimum Gasteiger partial charge on any atom is -0.454 e. The van der Waals surface area contributed by atoms with Crippen LogP contribution < -0.4 is 4.72 Å². The van der Waals surface area contributed by atoms with E-state index in [1.165, 1.54) is 26.0 Å². The van der Waals surface area contributed by atoms with Gasteiger partial charge >= 0.3 is 5.97 Å². The number of Topliss-reactive ketones (excluding diaryl/α,β-unsaturated/α-hetero) is 1. The van der Waals surface area contributed by atoms with Gasteiger partial charge in [-0.15, -0.1) is 0 Å². The number of hydrogen-bond acceptors (Lipinski definition) is 5. The first-order valence-corrected chi connectivity index (χ1v) is 7.88. The van der Waals surface area contributed by atoms with Gasteiger partial charge in [0.05, 0.1) is 4.90 Å². The first kappa shape index (κ1) is 17.3. The Morgan fingerprint density at radius 2 is 1.86 bits per heavy atom. The Hall–Kier alpha value is -1.73. The minimum atomic E-state index is -3.79. The lowest BCUT2D eigenvalue weighted by Crippen LogP contribution is -2.33. The van der Waals surface area contributed by atoms with Crippen LogP contribution in [0.4, 0.5) is 0 Å². The van der Waals surface area contributed by atoms with Crippen molar-refractivity contribution in [3.63, 3.8) is 0 Å². The quantitative estimate of drug-likeness (QED) is 0.794. The lowest BCUT2D eigenvalue weighted by Gasteiger charge is -2.11. The van der Waals surface area contributed by atoms with Crippen molar-refractivity contribution in [2.24, 2.45) is 0 Å². The van der Waals surface area contributed by atoms with Crippen LogP contribution in [0.25, 0.3) is 0 Å². The predicted molar refractivity (Wildman–Crippen MR) is 77.3 cm³/mol. The van der Waals surface area contributed by atoms with Gasteiger partial charge in [-0.25, -0.2) is 8.42 Å². The van der Waals surface area contributed by atoms with Crippen LogP contribution in [0, 0.1) is 13.8 Å². The molecule has 0 heterocycles. The van der Waals surface area contributed by atoms with Crippen molar-refractivity contribution in [3.8, 4) is 0 Å². The van der Waals surface area contributed by atoms with E-state index in [0.29, 0.717) is 0 Å². The van der Waals surface area contributed by atoms with Gasteiger partial charge in [-0.3, -0.25) is 9.59 Å². The molecular formula is C14H19NO5S. The number of benzene rings is 1. The SMILES string of the molecule is CC(=O)C(C)OC(=O)CNS(=O)(=O)c1ccc(C)c(C)c1. The van der Waals surface area contributed by atoms with Crippen LogP contribution in [0.3, 0.4) is 0 Å². The number of carbonyl (C=O) groups is 2. The lowest BCUT2D eigenvalue weighted by atomic mass is 10.1. The first-order chi connectivity index (χ1) is 9.63. The van der Waals surface area contributed by atoms with Crippen LogP contribution in [-0.4, -0.2) is 32.8 Å². The molecule has 1 N–H and O–H groups in total. The molecule has 116 valence electrons. The molecule has 7 heteroatoms. The average Bonchev–Trinajstić information content (AvgIpc) is 2.39. The van der Waals surface area contributed by atoms with Crippen molar-refractivity contribution in [3.05, 3.63) is 29.3 Å². The number of nitrogens with one attached hydrogen (secondary N) is 1. The maximum atomic E-state index is 12.0. The monoisotopic (exact) mass is 313 g/mol. The second kappa shape index (κ2) is 6.82. The van der Waals surface area contributed by atoms with Crippen molar-refractivity contribution in [2.75, 3.05) is 6.54 Å². The Kier molecular flexibility index (Phi) is 5.62. The molecule has 0 saturated carbocycles. The fourth-order valence-electron chi connectivity index (χ4n) is 1.44. The average molecular weight is 313 g/mol. The Bertz CT molecular complexity index is 651. The maximum absolute atomic E-state index is 12.0. The van der Waals surface area contributed by atoms with Gasteiger partial charge in [0.1, 0.15) is 6.54 Å². The van der Waals surface area contributed by atoms with Crippen LogP contribution in [0.1, 0.15) is 25.0 Å². The van der Waals surface area contributed by atoms with Crippen molar-refractivity contribution < 1.29 is 22.7 Å². The fourth-order valence-corrected chi connectivity index (χ4v) is 2.49. The molecule has 0 bridgehead atoms. The van der Waals surface area contributed by atoms with E-state index in [9.17, 15) is 18.0 Å². The molecule has 0 spiro atoms. The molecule has 1 unspecified atom stereocenters. The van der Waals surface area contributed by atoms with E-state index >= 15 is 0 Å². The van der Waals surface area contributed by atoms with Crippen LogP contribution in [-0.2, 0) is 24.3 Å². The zero-order valence-electron chi connectivity index (χ0n) is 12.5. The molecule has 0 aliphatic carbocycles. The van der Waals surface area contributed by atoms with E-state index in [1.807, 2.05) is 6.92 Å². The van der Waals surface area contributed by atoms with E-state index in [-0.39, 0.29) is 10.7 Å². The number of carbonyl (C=O) groups excluding carboxylic acids is 2. The number of sulfonamides is 1. The fraction of sp³-hybridized carbons (Fsp3) is 0.429. The van der Waals surface area contributed by atoms with Crippen LogP contribution in [0.2, 0.25) is 0 Å². The number of ether oxygens (including phenoxy) is 1. The van der Waals surface area contributed by atoms with E-state index in [0.717, 1.165) is 11.1 Å². The van der Waals surface area contributed by atoms with Crippen molar-refractivity contribution in [1.29, 1.82) is 0 Å². The number of ketones is 1. The molecule has 0 amide bonds. The van der Waals surface area contributed by atoms with Gasteiger partial charge in [0.15, 0.2) is 11.9 Å². The van der Waals surface area contributed by atoms with Gasteiger partial charge in [0.2, 0.25) is 10.0 Å². The van der Waals surface area contributed by atoms with E-state index in [4.69, 9.17) is 4.74 Å². The third kappa shape index (κ3) is 4.95. The van der Waals surface area contributed by atoms with Crippen LogP contribution in [0.5, 0.6) is 0 Å². The molecule has 0 aliphatic rings. The highest BCUT2D eigenvalue weighted by atomic mass is 32.2. The maximum Gasteiger partial charge on any atom is 0.321 e. The highest BCUT2D eigenvalue weighted by Gasteiger charge is 2.18. The Balaban J connectivity index is 2.71. The number of aryl methyl sites for hydroxylation is 2. The zero-order valence-corrected chi connectivity index (χ0v) is 13.3. The first-order valence-electron chi connectivity index (χ1n) is 6.40. The second-order valence-electron chi connectivity index (χ2n) is 4.81. The molecule has 0 aliphatic heterocycles. The molecule has 1 atom stereocenters. The number of esters is 1. The second-order valence-corrected chi connectivity index (χ2v) is 6.58. The van der Waals surface area contributed by atoms with Crippen molar-refractivity contribution >= 4 is 21.8 Å². The van der Waals surface area contributed by atoms with Gasteiger partial charge in [0, 0.05) is 0 Å². The summed E-state index contributed by atoms with van der Waals surface area (Å²) in [5, 5.41) is 0. The van der Waals surface area contributed by atoms with Gasteiger partial charge < -0.3 is 4.74 Å². The molecule has 0 radical (unpaired) electrons. The zero-order chi connectivity index (χ0) is 16.2. The third-order valence-corrected chi connectivity index (χ3v) is 4.47. The normalized spacial score (nSPS) is 12.8. The number of hydrogen-bond donors (Lipinski definition) is 1. The molecule has 1 aromatic rings. The van der Waals surface area contributed by atoms with Crippen molar-refractivity contribution in [1.82, 2.24) is 4.72 Å². The standard InChI is InChI=1S/C14H19NO5S/c1-9-5-6-13(7-10(9)2)21(18,19)15-8-14(17)20-12(4)11(3)16/h5-7,12,15H,8H2,1-4H3. The minimum absolute atomic E-state index is 0.0815. The summed E-state index contributed by atoms with van der Waals surface area (Å²) >= 11 is 0. The smallest absolute Gasteiger partial charge is 0.321 e. The Labute approximate surface area is 124 Å². The molecule has 1 rings (SSSR count). The van der Waals surface area contributed by atoms with E-state index in [1.54, 1.807) is 13.0 Å². The largest absolute Gasteiger partial charge is 0.454 e. The highest BCUT2D eigenvalue weighted by molar-refractivity contribution is 7.89. The summed E-state index contributed by atoms with van der Waals surface area (Å²) in [6.45, 7) is 5.87. The molecule has 1 aromatic carbocycles. The Morgan fingerprint density at radius 1 is 1.24 bits per heavy atom. The summed E-state index contributed by atoms with van der Waals surface area (Å²) in [7, 11) is -3.79. The molecular weight excluding hydrogens is 294 g/mol. The lowest BCUT2D eigenvalue weighted by molar-refractivity contribution is -0.152. The summed E-state index contributed by atoms with van der Waals surface area (Å²) in [4.78, 5) is 22.5. The number of rotatable bonds is 6.